The molecular weight excluding hydrogens is 402 g/mol. The number of rotatable bonds is 5. The Morgan fingerprint density at radius 3 is 2.60 bits per heavy atom. The van der Waals surface area contributed by atoms with Crippen molar-refractivity contribution in [3.8, 4) is 0 Å². The van der Waals surface area contributed by atoms with Gasteiger partial charge in [0.1, 0.15) is 16.2 Å². The molecule has 30 heavy (non-hydrogen) atoms. The topological polar surface area (TPSA) is 83.7 Å². The van der Waals surface area contributed by atoms with Gasteiger partial charge in [0.2, 0.25) is 15.9 Å². The summed E-state index contributed by atoms with van der Waals surface area (Å²) >= 11 is 0. The third-order valence-electron chi connectivity index (χ3n) is 5.86. The third-order valence-corrected chi connectivity index (χ3v) is 7.74. The second-order valence-electron chi connectivity index (χ2n) is 7.68. The number of furan rings is 1. The number of fused-ring (bicyclic) bond motifs is 1. The summed E-state index contributed by atoms with van der Waals surface area (Å²) in [5.41, 5.74) is 0.800. The van der Waals surface area contributed by atoms with Gasteiger partial charge in [0.05, 0.1) is 6.04 Å². The van der Waals surface area contributed by atoms with Crippen LogP contribution >= 0.6 is 0 Å². The Morgan fingerprint density at radius 1 is 1.20 bits per heavy atom. The van der Waals surface area contributed by atoms with Crippen LogP contribution in [0, 0.1) is 5.92 Å². The molecule has 3 aromatic rings. The van der Waals surface area contributed by atoms with Crippen LogP contribution in [-0.2, 0) is 14.8 Å². The van der Waals surface area contributed by atoms with Gasteiger partial charge < -0.3 is 9.32 Å². The summed E-state index contributed by atoms with van der Waals surface area (Å²) in [7, 11) is -1.80. The minimum atomic E-state index is -3.57. The highest BCUT2D eigenvalue weighted by Crippen LogP contribution is 2.30. The van der Waals surface area contributed by atoms with Crippen LogP contribution in [-0.4, -0.2) is 48.7 Å². The van der Waals surface area contributed by atoms with Gasteiger partial charge in [-0.2, -0.15) is 4.31 Å². The minimum absolute atomic E-state index is 0.0152. The number of piperidine rings is 1. The van der Waals surface area contributed by atoms with Crippen LogP contribution in [0.4, 0.5) is 0 Å². The highest BCUT2D eigenvalue weighted by molar-refractivity contribution is 7.89. The van der Waals surface area contributed by atoms with E-state index in [1.54, 1.807) is 30.3 Å². The molecule has 1 aliphatic heterocycles. The first-order chi connectivity index (χ1) is 14.4. The van der Waals surface area contributed by atoms with E-state index in [9.17, 15) is 13.2 Å². The minimum Gasteiger partial charge on any atom is -0.459 e. The molecule has 4 rings (SSSR count). The average molecular weight is 428 g/mol. The Hall–Kier alpha value is -2.71. The van der Waals surface area contributed by atoms with E-state index < -0.39 is 10.0 Å². The van der Waals surface area contributed by atoms with Crippen LogP contribution in [0.5, 0.6) is 0 Å². The fourth-order valence-electron chi connectivity index (χ4n) is 3.87. The van der Waals surface area contributed by atoms with Gasteiger partial charge in [0, 0.05) is 43.8 Å². The van der Waals surface area contributed by atoms with Gasteiger partial charge >= 0.3 is 0 Å². The van der Waals surface area contributed by atoms with Crippen molar-refractivity contribution < 1.29 is 17.6 Å². The van der Waals surface area contributed by atoms with Gasteiger partial charge in [-0.05, 0) is 44.0 Å². The van der Waals surface area contributed by atoms with E-state index in [1.807, 2.05) is 37.3 Å². The number of hydrogen-bond donors (Lipinski definition) is 0. The van der Waals surface area contributed by atoms with E-state index in [4.69, 9.17) is 4.42 Å². The highest BCUT2D eigenvalue weighted by Gasteiger charge is 2.34. The van der Waals surface area contributed by atoms with Crippen LogP contribution in [0.3, 0.4) is 0 Å². The predicted octanol–water partition coefficient (Wildman–Crippen LogP) is 3.45. The Kier molecular flexibility index (Phi) is 5.62. The lowest BCUT2D eigenvalue weighted by molar-refractivity contribution is -0.137. The lowest BCUT2D eigenvalue weighted by Gasteiger charge is -2.34. The summed E-state index contributed by atoms with van der Waals surface area (Å²) in [5, 5.41) is 1.01. The maximum Gasteiger partial charge on any atom is 0.244 e. The molecule has 3 heterocycles. The summed E-state index contributed by atoms with van der Waals surface area (Å²) in [5.74, 6) is 0.548. The summed E-state index contributed by atoms with van der Waals surface area (Å²) in [6.45, 7) is 2.58. The molecule has 7 nitrogen and oxygen atoms in total. The van der Waals surface area contributed by atoms with Crippen molar-refractivity contribution >= 4 is 26.9 Å². The molecule has 158 valence electrons. The van der Waals surface area contributed by atoms with Crippen molar-refractivity contribution in [1.29, 1.82) is 0 Å². The first-order valence-electron chi connectivity index (χ1n) is 10.0. The van der Waals surface area contributed by atoms with Crippen LogP contribution in [0.25, 0.3) is 11.0 Å². The highest BCUT2D eigenvalue weighted by atomic mass is 32.2. The fraction of sp³-hybridized carbons (Fsp3) is 0.364. The van der Waals surface area contributed by atoms with Crippen molar-refractivity contribution in [3.05, 3.63) is 60.6 Å². The zero-order chi connectivity index (χ0) is 21.3. The van der Waals surface area contributed by atoms with Crippen LogP contribution in [0.1, 0.15) is 31.6 Å². The van der Waals surface area contributed by atoms with Crippen molar-refractivity contribution in [2.24, 2.45) is 5.92 Å². The van der Waals surface area contributed by atoms with E-state index >= 15 is 0 Å². The molecular formula is C22H25N3O4S. The molecule has 0 bridgehead atoms. The zero-order valence-corrected chi connectivity index (χ0v) is 17.9. The quantitative estimate of drug-likeness (QED) is 0.623. The number of benzene rings is 1. The smallest absolute Gasteiger partial charge is 0.244 e. The van der Waals surface area contributed by atoms with E-state index in [1.165, 1.54) is 10.5 Å². The maximum absolute atomic E-state index is 13.1. The van der Waals surface area contributed by atoms with Gasteiger partial charge in [0.15, 0.2) is 0 Å². The molecule has 0 radical (unpaired) electrons. The van der Waals surface area contributed by atoms with Gasteiger partial charge in [0.25, 0.3) is 0 Å². The molecule has 0 unspecified atom stereocenters. The number of sulfonamides is 1. The largest absolute Gasteiger partial charge is 0.459 e. The van der Waals surface area contributed by atoms with Crippen LogP contribution in [0.15, 0.2) is 64.2 Å². The lowest BCUT2D eigenvalue weighted by atomic mass is 9.96. The number of amides is 1. The molecule has 0 aliphatic carbocycles. The SMILES string of the molecule is C[C@H](c1cc2ccccc2o1)N(C)C(=O)C1CCN(S(=O)(=O)c2cccnc2)CC1. The summed E-state index contributed by atoms with van der Waals surface area (Å²) < 4.78 is 32.9. The zero-order valence-electron chi connectivity index (χ0n) is 17.1. The Labute approximate surface area is 176 Å². The van der Waals surface area contributed by atoms with E-state index in [-0.39, 0.29) is 22.8 Å². The Balaban J connectivity index is 1.41. The predicted molar refractivity (Wildman–Crippen MR) is 113 cm³/mol. The first kappa shape index (κ1) is 20.6. The van der Waals surface area contributed by atoms with Gasteiger partial charge in [-0.1, -0.05) is 18.2 Å². The Bertz CT molecular complexity index is 1100. The molecule has 1 saturated heterocycles. The second kappa shape index (κ2) is 8.20. The number of nitrogens with zero attached hydrogens (tertiary/aromatic N) is 3. The first-order valence-corrected chi connectivity index (χ1v) is 11.5. The summed E-state index contributed by atoms with van der Waals surface area (Å²) in [4.78, 5) is 18.8. The molecule has 0 saturated carbocycles. The molecule has 1 fully saturated rings. The number of aromatic nitrogens is 1. The molecule has 1 aliphatic rings. The summed E-state index contributed by atoms with van der Waals surface area (Å²) in [6, 6.07) is 12.7. The van der Waals surface area contributed by atoms with Crippen molar-refractivity contribution in [1.82, 2.24) is 14.2 Å². The third kappa shape index (κ3) is 3.85. The molecule has 1 amide bonds. The number of carbonyl (C=O) groups is 1. The number of hydrogen-bond acceptors (Lipinski definition) is 5. The molecule has 1 atom stereocenters. The normalized spacial score (nSPS) is 17.1. The van der Waals surface area contributed by atoms with Gasteiger partial charge in [-0.15, -0.1) is 0 Å². The number of carbonyl (C=O) groups excluding carboxylic acids is 1. The van der Waals surface area contributed by atoms with Gasteiger partial charge in [-0.25, -0.2) is 8.42 Å². The molecule has 0 N–H and O–H groups in total. The molecule has 0 spiro atoms. The van der Waals surface area contributed by atoms with Crippen molar-refractivity contribution in [3.63, 3.8) is 0 Å². The lowest BCUT2D eigenvalue weighted by Crippen LogP contribution is -2.43. The fourth-order valence-corrected chi connectivity index (χ4v) is 5.30. The summed E-state index contributed by atoms with van der Waals surface area (Å²) in [6.07, 6.45) is 3.89. The van der Waals surface area contributed by atoms with E-state index in [0.717, 1.165) is 16.7 Å². The molecule has 1 aromatic carbocycles. The number of pyridine rings is 1. The maximum atomic E-state index is 13.1. The Morgan fingerprint density at radius 2 is 1.93 bits per heavy atom. The second-order valence-corrected chi connectivity index (χ2v) is 9.62. The van der Waals surface area contributed by atoms with Crippen LogP contribution in [0.2, 0.25) is 0 Å². The number of para-hydroxylation sites is 1. The van der Waals surface area contributed by atoms with Crippen LogP contribution < -0.4 is 0 Å². The molecule has 2 aromatic heterocycles. The van der Waals surface area contributed by atoms with Crippen molar-refractivity contribution in [2.75, 3.05) is 20.1 Å². The standard InChI is InChI=1S/C22H25N3O4S/c1-16(21-14-18-6-3-4-8-20(18)29-21)24(2)22(26)17-9-12-25(13-10-17)30(27,28)19-7-5-11-23-15-19/h3-8,11,14-17H,9-10,12-13H2,1-2H3/t16-/m1/s1. The van der Waals surface area contributed by atoms with E-state index in [0.29, 0.717) is 25.9 Å². The van der Waals surface area contributed by atoms with E-state index in [2.05, 4.69) is 4.98 Å². The molecule has 8 heteroatoms. The monoisotopic (exact) mass is 427 g/mol. The average Bonchev–Trinajstić information content (AvgIpc) is 3.22. The van der Waals surface area contributed by atoms with Crippen molar-refractivity contribution in [2.45, 2.75) is 30.7 Å². The van der Waals surface area contributed by atoms with Gasteiger partial charge in [-0.3, -0.25) is 9.78 Å².